The first-order valence-electron chi connectivity index (χ1n) is 6.13. The molecular formula is C13H15N5S. The topological polar surface area (TPSA) is 69.6 Å². The van der Waals surface area contributed by atoms with Gasteiger partial charge < -0.3 is 5.73 Å². The highest BCUT2D eigenvalue weighted by molar-refractivity contribution is 7.09. The number of aromatic nitrogens is 4. The van der Waals surface area contributed by atoms with Gasteiger partial charge in [-0.1, -0.05) is 0 Å². The van der Waals surface area contributed by atoms with Gasteiger partial charge in [-0.2, -0.15) is 0 Å². The Morgan fingerprint density at radius 1 is 1.32 bits per heavy atom. The van der Waals surface area contributed by atoms with Crippen LogP contribution in [0.1, 0.15) is 16.3 Å². The van der Waals surface area contributed by atoms with Crippen LogP contribution in [-0.4, -0.2) is 19.5 Å². The van der Waals surface area contributed by atoms with E-state index in [1.54, 1.807) is 17.5 Å². The zero-order valence-corrected chi connectivity index (χ0v) is 11.7. The monoisotopic (exact) mass is 273 g/mol. The Morgan fingerprint density at radius 2 is 2.16 bits per heavy atom. The molecule has 0 fully saturated rings. The highest BCUT2D eigenvalue weighted by Gasteiger charge is 2.11. The number of anilines is 1. The van der Waals surface area contributed by atoms with Crippen LogP contribution in [-0.2, 0) is 13.0 Å². The lowest BCUT2D eigenvalue weighted by Gasteiger charge is -2.04. The first kappa shape index (κ1) is 12.1. The maximum absolute atomic E-state index is 5.99. The van der Waals surface area contributed by atoms with Crippen molar-refractivity contribution in [3.8, 4) is 0 Å². The molecule has 3 aromatic rings. The second-order valence-corrected chi connectivity index (χ2v) is 5.59. The summed E-state index contributed by atoms with van der Waals surface area (Å²) in [6.07, 6.45) is 2.64. The van der Waals surface area contributed by atoms with E-state index >= 15 is 0 Å². The van der Waals surface area contributed by atoms with Gasteiger partial charge in [0.15, 0.2) is 5.65 Å². The molecule has 5 nitrogen and oxygen atoms in total. The number of hydrogen-bond donors (Lipinski definition) is 1. The van der Waals surface area contributed by atoms with Crippen molar-refractivity contribution in [2.24, 2.45) is 0 Å². The average molecular weight is 273 g/mol. The predicted molar refractivity (Wildman–Crippen MR) is 77.2 cm³/mol. The smallest absolute Gasteiger partial charge is 0.202 e. The molecule has 0 aliphatic carbocycles. The molecule has 3 aromatic heterocycles. The summed E-state index contributed by atoms with van der Waals surface area (Å²) in [7, 11) is 0. The summed E-state index contributed by atoms with van der Waals surface area (Å²) in [6.45, 7) is 4.78. The second kappa shape index (κ2) is 4.62. The molecule has 0 aliphatic rings. The molecule has 0 aliphatic heterocycles. The van der Waals surface area contributed by atoms with Crippen molar-refractivity contribution < 1.29 is 0 Å². The second-order valence-electron chi connectivity index (χ2n) is 4.53. The van der Waals surface area contributed by atoms with Crippen LogP contribution in [0.25, 0.3) is 11.2 Å². The molecule has 0 amide bonds. The van der Waals surface area contributed by atoms with Gasteiger partial charge in [0, 0.05) is 24.5 Å². The third kappa shape index (κ3) is 2.19. The van der Waals surface area contributed by atoms with Crippen LogP contribution in [0.3, 0.4) is 0 Å². The zero-order valence-electron chi connectivity index (χ0n) is 10.9. The summed E-state index contributed by atoms with van der Waals surface area (Å²) in [5.74, 6) is 0.517. The molecular weight excluding hydrogens is 258 g/mol. The highest BCUT2D eigenvalue weighted by atomic mass is 32.1. The maximum Gasteiger partial charge on any atom is 0.202 e. The molecule has 0 aromatic carbocycles. The van der Waals surface area contributed by atoms with E-state index in [0.29, 0.717) is 5.95 Å². The summed E-state index contributed by atoms with van der Waals surface area (Å²) < 4.78 is 1.96. The van der Waals surface area contributed by atoms with E-state index in [2.05, 4.69) is 20.3 Å². The van der Waals surface area contributed by atoms with E-state index < -0.39 is 0 Å². The first-order chi connectivity index (χ1) is 9.15. The average Bonchev–Trinajstić information content (AvgIpc) is 2.92. The molecule has 0 unspecified atom stereocenters. The van der Waals surface area contributed by atoms with Crippen molar-refractivity contribution in [2.75, 3.05) is 5.73 Å². The van der Waals surface area contributed by atoms with Gasteiger partial charge in [0.1, 0.15) is 5.52 Å². The van der Waals surface area contributed by atoms with Crippen LogP contribution in [0.4, 0.5) is 5.95 Å². The van der Waals surface area contributed by atoms with Gasteiger partial charge in [0.2, 0.25) is 5.95 Å². The first-order valence-corrected chi connectivity index (χ1v) is 7.01. The normalized spacial score (nSPS) is 11.3. The molecule has 19 heavy (non-hydrogen) atoms. The van der Waals surface area contributed by atoms with Crippen molar-refractivity contribution in [1.29, 1.82) is 0 Å². The SMILES string of the molecule is Cc1nc(CCn2c(N)nc3c(C)ccnc32)cs1. The van der Waals surface area contributed by atoms with Gasteiger partial charge in [0.05, 0.1) is 10.7 Å². The molecule has 0 bridgehead atoms. The summed E-state index contributed by atoms with van der Waals surface area (Å²) >= 11 is 1.67. The largest absolute Gasteiger partial charge is 0.369 e. The Labute approximate surface area is 115 Å². The van der Waals surface area contributed by atoms with Crippen molar-refractivity contribution in [3.05, 3.63) is 33.9 Å². The maximum atomic E-state index is 5.99. The lowest BCUT2D eigenvalue weighted by molar-refractivity contribution is 0.709. The Morgan fingerprint density at radius 3 is 2.89 bits per heavy atom. The van der Waals surface area contributed by atoms with E-state index in [9.17, 15) is 0 Å². The van der Waals surface area contributed by atoms with E-state index in [-0.39, 0.29) is 0 Å². The molecule has 3 rings (SSSR count). The van der Waals surface area contributed by atoms with Crippen LogP contribution in [0.15, 0.2) is 17.6 Å². The number of fused-ring (bicyclic) bond motifs is 1. The molecule has 0 radical (unpaired) electrons. The van der Waals surface area contributed by atoms with Crippen molar-refractivity contribution >= 4 is 28.4 Å². The zero-order chi connectivity index (χ0) is 13.4. The Hall–Kier alpha value is -1.95. The molecule has 0 saturated heterocycles. The minimum atomic E-state index is 0.517. The number of thiazole rings is 1. The molecule has 6 heteroatoms. The minimum absolute atomic E-state index is 0.517. The van der Waals surface area contributed by atoms with E-state index in [1.807, 2.05) is 24.5 Å². The van der Waals surface area contributed by atoms with Gasteiger partial charge in [-0.3, -0.25) is 4.57 Å². The fourth-order valence-corrected chi connectivity index (χ4v) is 2.77. The lowest BCUT2D eigenvalue weighted by atomic mass is 10.3. The number of rotatable bonds is 3. The number of nitrogen functional groups attached to an aromatic ring is 1. The van der Waals surface area contributed by atoms with Crippen LogP contribution in [0.2, 0.25) is 0 Å². The number of hydrogen-bond acceptors (Lipinski definition) is 5. The molecule has 0 saturated carbocycles. The van der Waals surface area contributed by atoms with Crippen molar-refractivity contribution in [2.45, 2.75) is 26.8 Å². The van der Waals surface area contributed by atoms with Crippen molar-refractivity contribution in [3.63, 3.8) is 0 Å². The molecule has 0 atom stereocenters. The summed E-state index contributed by atoms with van der Waals surface area (Å²) in [5, 5.41) is 3.18. The van der Waals surface area contributed by atoms with Gasteiger partial charge >= 0.3 is 0 Å². The van der Waals surface area contributed by atoms with Gasteiger partial charge in [-0.15, -0.1) is 11.3 Å². The van der Waals surface area contributed by atoms with E-state index in [1.165, 1.54) is 0 Å². The number of aryl methyl sites for hydroxylation is 4. The quantitative estimate of drug-likeness (QED) is 0.795. The standard InChI is InChI=1S/C13H15N5S/c1-8-3-5-15-12-11(8)17-13(14)18(12)6-4-10-7-19-9(2)16-10/h3,5,7H,4,6H2,1-2H3,(H2,14,17). The predicted octanol–water partition coefficient (Wildman–Crippen LogP) is 2.33. The summed E-state index contributed by atoms with van der Waals surface area (Å²) in [6, 6.07) is 1.95. The molecule has 98 valence electrons. The third-order valence-corrected chi connectivity index (χ3v) is 3.95. The van der Waals surface area contributed by atoms with E-state index in [0.717, 1.165) is 40.4 Å². The van der Waals surface area contributed by atoms with Crippen molar-refractivity contribution in [1.82, 2.24) is 19.5 Å². The fraction of sp³-hybridized carbons (Fsp3) is 0.308. The number of nitrogens with zero attached hydrogens (tertiary/aromatic N) is 4. The lowest BCUT2D eigenvalue weighted by Crippen LogP contribution is -2.06. The molecule has 3 heterocycles. The van der Waals surface area contributed by atoms with Crippen LogP contribution in [0.5, 0.6) is 0 Å². The number of pyridine rings is 1. The van der Waals surface area contributed by atoms with E-state index in [4.69, 9.17) is 5.73 Å². The number of nitrogens with two attached hydrogens (primary N) is 1. The summed E-state index contributed by atoms with van der Waals surface area (Å²) in [5.41, 5.74) is 9.91. The van der Waals surface area contributed by atoms with Crippen LogP contribution >= 0.6 is 11.3 Å². The Balaban J connectivity index is 1.92. The van der Waals surface area contributed by atoms with Gasteiger partial charge in [-0.25, -0.2) is 15.0 Å². The molecule has 2 N–H and O–H groups in total. The Kier molecular flexibility index (Phi) is 2.94. The van der Waals surface area contributed by atoms with Crippen LogP contribution < -0.4 is 5.73 Å². The van der Waals surface area contributed by atoms with Gasteiger partial charge in [-0.05, 0) is 25.5 Å². The third-order valence-electron chi connectivity index (χ3n) is 3.12. The Bertz CT molecular complexity index is 728. The van der Waals surface area contributed by atoms with Gasteiger partial charge in [0.25, 0.3) is 0 Å². The van der Waals surface area contributed by atoms with Crippen LogP contribution in [0, 0.1) is 13.8 Å². The highest BCUT2D eigenvalue weighted by Crippen LogP contribution is 2.19. The number of imidazole rings is 1. The minimum Gasteiger partial charge on any atom is -0.369 e. The fourth-order valence-electron chi connectivity index (χ4n) is 2.13. The summed E-state index contributed by atoms with van der Waals surface area (Å²) in [4.78, 5) is 13.2. The molecule has 0 spiro atoms.